The summed E-state index contributed by atoms with van der Waals surface area (Å²) in [5.74, 6) is 0.949. The van der Waals surface area contributed by atoms with Crippen LogP contribution in [-0.2, 0) is 9.53 Å². The molecular weight excluding hydrogens is 394 g/mol. The fraction of sp³-hybridized carbons (Fsp3) is 0.500. The molecule has 2 aliphatic heterocycles. The highest BCUT2D eigenvalue weighted by Gasteiger charge is 2.36. The summed E-state index contributed by atoms with van der Waals surface area (Å²) >= 11 is 1.38. The predicted octanol–water partition coefficient (Wildman–Crippen LogP) is 2.80. The van der Waals surface area contributed by atoms with E-state index in [0.29, 0.717) is 23.7 Å². The second-order valence-electron chi connectivity index (χ2n) is 8.00. The molecular formula is C20H25N3O5S. The first-order valence-corrected chi connectivity index (χ1v) is 10.6. The molecule has 0 unspecified atom stereocenters. The van der Waals surface area contributed by atoms with E-state index < -0.39 is 0 Å². The summed E-state index contributed by atoms with van der Waals surface area (Å²) in [5.41, 5.74) is 0.774. The third kappa shape index (κ3) is 3.76. The number of rotatable bonds is 3. The Morgan fingerprint density at radius 1 is 1.34 bits per heavy atom. The van der Waals surface area contributed by atoms with Gasteiger partial charge in [-0.3, -0.25) is 19.4 Å². The van der Waals surface area contributed by atoms with E-state index in [9.17, 15) is 14.7 Å². The lowest BCUT2D eigenvalue weighted by atomic mass is 9.94. The molecule has 9 heteroatoms. The molecule has 1 amide bonds. The summed E-state index contributed by atoms with van der Waals surface area (Å²) in [6.07, 6.45) is 1.48. The largest absolute Gasteiger partial charge is 0.504 e. The van der Waals surface area contributed by atoms with Crippen LogP contribution in [0.2, 0.25) is 0 Å². The Bertz CT molecular complexity index is 996. The van der Waals surface area contributed by atoms with Crippen molar-refractivity contribution in [3.63, 3.8) is 0 Å². The Morgan fingerprint density at radius 3 is 2.86 bits per heavy atom. The van der Waals surface area contributed by atoms with Gasteiger partial charge in [-0.2, -0.15) is 0 Å². The number of phenolic OH excluding ortho intramolecular Hbond substituents is 1. The number of aromatic hydroxyl groups is 1. The standard InChI is InChI=1S/C20H25N3O5S/c1-20(2)9-12(6-7-28-20)23-18-16(19(26)22-23)17(29-10-15(25)21-18)11-4-5-13(24)14(8-11)27-3/h4-5,8,12,17,24H,6-7,9-10H2,1-3H3,(H,21,25)(H,22,26)/t12-,17-/m1/s1. The lowest BCUT2D eigenvalue weighted by Crippen LogP contribution is -2.36. The average molecular weight is 420 g/mol. The number of thioether (sulfide) groups is 1. The molecule has 0 aliphatic carbocycles. The first kappa shape index (κ1) is 19.9. The summed E-state index contributed by atoms with van der Waals surface area (Å²) in [6.45, 7) is 4.65. The molecule has 1 aromatic carbocycles. The minimum absolute atomic E-state index is 0.0219. The summed E-state index contributed by atoms with van der Waals surface area (Å²) in [5, 5.41) is 15.4. The van der Waals surface area contributed by atoms with E-state index in [4.69, 9.17) is 9.47 Å². The number of hydrogen-bond donors (Lipinski definition) is 3. The van der Waals surface area contributed by atoms with Crippen LogP contribution < -0.4 is 15.6 Å². The number of amides is 1. The van der Waals surface area contributed by atoms with Crippen LogP contribution in [-0.4, -0.2) is 45.9 Å². The number of nitrogens with one attached hydrogen (secondary N) is 2. The number of H-pyrrole nitrogens is 1. The van der Waals surface area contributed by atoms with E-state index in [-0.39, 0.29) is 39.9 Å². The first-order chi connectivity index (χ1) is 13.8. The van der Waals surface area contributed by atoms with Crippen molar-refractivity contribution in [3.05, 3.63) is 39.7 Å². The average Bonchev–Trinajstić information content (AvgIpc) is 2.87. The number of anilines is 1. The maximum atomic E-state index is 13.0. The number of phenols is 1. The molecule has 1 saturated heterocycles. The minimum atomic E-state index is -0.365. The molecule has 2 atom stereocenters. The summed E-state index contributed by atoms with van der Waals surface area (Å²) in [6, 6.07) is 5.03. The molecule has 3 N–H and O–H groups in total. The van der Waals surface area contributed by atoms with Crippen LogP contribution in [0.1, 0.15) is 49.1 Å². The maximum absolute atomic E-state index is 13.0. The second-order valence-corrected chi connectivity index (χ2v) is 9.09. The van der Waals surface area contributed by atoms with Crippen molar-refractivity contribution in [1.82, 2.24) is 9.78 Å². The zero-order chi connectivity index (χ0) is 20.8. The van der Waals surface area contributed by atoms with E-state index >= 15 is 0 Å². The highest BCUT2D eigenvalue weighted by atomic mass is 32.2. The van der Waals surface area contributed by atoms with Crippen LogP contribution >= 0.6 is 11.8 Å². The number of carbonyl (C=O) groups excluding carboxylic acids is 1. The van der Waals surface area contributed by atoms with Gasteiger partial charge in [-0.1, -0.05) is 6.07 Å². The first-order valence-electron chi connectivity index (χ1n) is 9.56. The van der Waals surface area contributed by atoms with Crippen molar-refractivity contribution in [2.24, 2.45) is 0 Å². The van der Waals surface area contributed by atoms with E-state index in [2.05, 4.69) is 10.4 Å². The van der Waals surface area contributed by atoms with Crippen LogP contribution in [0.5, 0.6) is 11.5 Å². The van der Waals surface area contributed by atoms with Gasteiger partial charge < -0.3 is 19.9 Å². The summed E-state index contributed by atoms with van der Waals surface area (Å²) in [4.78, 5) is 25.4. The molecule has 0 bridgehead atoms. The highest BCUT2D eigenvalue weighted by Crippen LogP contribution is 2.43. The third-order valence-corrected chi connectivity index (χ3v) is 6.68. The minimum Gasteiger partial charge on any atom is -0.504 e. The predicted molar refractivity (Wildman–Crippen MR) is 111 cm³/mol. The molecule has 3 heterocycles. The molecule has 4 rings (SSSR count). The zero-order valence-electron chi connectivity index (χ0n) is 16.7. The van der Waals surface area contributed by atoms with Gasteiger partial charge in [0.2, 0.25) is 5.91 Å². The normalized spacial score (nSPS) is 23.8. The summed E-state index contributed by atoms with van der Waals surface area (Å²) in [7, 11) is 1.48. The van der Waals surface area contributed by atoms with Crippen molar-refractivity contribution < 1.29 is 19.4 Å². The molecule has 1 aromatic heterocycles. The number of carbonyl (C=O) groups is 1. The molecule has 156 valence electrons. The Balaban J connectivity index is 1.81. The Kier molecular flexibility index (Phi) is 5.12. The number of benzene rings is 1. The summed E-state index contributed by atoms with van der Waals surface area (Å²) < 4.78 is 12.8. The number of aromatic amines is 1. The molecule has 0 radical (unpaired) electrons. The lowest BCUT2D eigenvalue weighted by Gasteiger charge is -2.36. The second kappa shape index (κ2) is 7.46. The number of ether oxygens (including phenoxy) is 2. The van der Waals surface area contributed by atoms with Crippen LogP contribution in [0.15, 0.2) is 23.0 Å². The van der Waals surface area contributed by atoms with Gasteiger partial charge in [-0.15, -0.1) is 11.8 Å². The molecule has 29 heavy (non-hydrogen) atoms. The number of methoxy groups -OCH3 is 1. The van der Waals surface area contributed by atoms with Gasteiger partial charge in [-0.05, 0) is 44.4 Å². The van der Waals surface area contributed by atoms with Crippen LogP contribution in [0.25, 0.3) is 0 Å². The Hall–Kier alpha value is -2.39. The van der Waals surface area contributed by atoms with Crippen LogP contribution in [0, 0.1) is 0 Å². The Labute approximate surface area is 172 Å². The topological polar surface area (TPSA) is 106 Å². The van der Waals surface area contributed by atoms with E-state index in [1.165, 1.54) is 18.9 Å². The number of hydrogen-bond acceptors (Lipinski definition) is 6. The SMILES string of the molecule is COc1cc([C@H]2SCC(=O)Nc3c2c(=O)[nH]n3[C@@H]2CCOC(C)(C)C2)ccc1O. The Morgan fingerprint density at radius 2 is 2.14 bits per heavy atom. The van der Waals surface area contributed by atoms with Crippen molar-refractivity contribution in [2.45, 2.75) is 43.6 Å². The van der Waals surface area contributed by atoms with Gasteiger partial charge >= 0.3 is 0 Å². The van der Waals surface area contributed by atoms with Gasteiger partial charge in [0.25, 0.3) is 5.56 Å². The fourth-order valence-corrected chi connectivity index (χ4v) is 5.17. The quantitative estimate of drug-likeness (QED) is 0.707. The molecule has 8 nitrogen and oxygen atoms in total. The smallest absolute Gasteiger partial charge is 0.270 e. The van der Waals surface area contributed by atoms with Gasteiger partial charge in [0, 0.05) is 6.61 Å². The van der Waals surface area contributed by atoms with E-state index in [0.717, 1.165) is 18.4 Å². The van der Waals surface area contributed by atoms with E-state index in [1.807, 2.05) is 13.8 Å². The van der Waals surface area contributed by atoms with Gasteiger partial charge in [-0.25, -0.2) is 0 Å². The van der Waals surface area contributed by atoms with Crippen LogP contribution in [0.4, 0.5) is 5.82 Å². The van der Waals surface area contributed by atoms with Gasteiger partial charge in [0.05, 0.1) is 35.3 Å². The van der Waals surface area contributed by atoms with Crippen molar-refractivity contribution >= 4 is 23.5 Å². The van der Waals surface area contributed by atoms with Crippen LogP contribution in [0.3, 0.4) is 0 Å². The lowest BCUT2D eigenvalue weighted by molar-refractivity contribution is -0.113. The van der Waals surface area contributed by atoms with Crippen molar-refractivity contribution in [2.75, 3.05) is 24.8 Å². The fourth-order valence-electron chi connectivity index (χ4n) is 4.06. The molecule has 0 saturated carbocycles. The highest BCUT2D eigenvalue weighted by molar-refractivity contribution is 8.00. The molecule has 1 fully saturated rings. The third-order valence-electron chi connectivity index (χ3n) is 5.41. The van der Waals surface area contributed by atoms with Gasteiger partial charge in [0.15, 0.2) is 11.5 Å². The van der Waals surface area contributed by atoms with Gasteiger partial charge in [0.1, 0.15) is 5.82 Å². The number of fused-ring (bicyclic) bond motifs is 1. The monoisotopic (exact) mass is 419 g/mol. The van der Waals surface area contributed by atoms with Crippen molar-refractivity contribution in [1.29, 1.82) is 0 Å². The maximum Gasteiger partial charge on any atom is 0.270 e. The number of aromatic nitrogens is 2. The van der Waals surface area contributed by atoms with Crippen molar-refractivity contribution in [3.8, 4) is 11.5 Å². The zero-order valence-corrected chi connectivity index (χ0v) is 17.5. The van der Waals surface area contributed by atoms with E-state index in [1.54, 1.807) is 22.9 Å². The number of nitrogens with zero attached hydrogens (tertiary/aromatic N) is 1. The molecule has 2 aliphatic rings. The molecule has 0 spiro atoms. The molecule has 2 aromatic rings.